The van der Waals surface area contributed by atoms with E-state index in [4.69, 9.17) is 34.0 Å². The van der Waals surface area contributed by atoms with Crippen molar-refractivity contribution in [2.75, 3.05) is 39.9 Å². The standard InChI is InChI=1S/C28H32N2O4.C2H2O4/c1-22-7-6-10-25(17-22)33-21-28(31)30-15-13-29(14-16-30)19-24-11-12-26(32-2)27(18-24)34-20-23-8-4-3-5-9-23;3-1(4)2(5)6/h3-12,17-18H,13-16,19-21H2,1-2H3;(H,3,4)(H,5,6). The molecule has 1 heterocycles. The number of carbonyl (C=O) groups excluding carboxylic acids is 1. The fraction of sp³-hybridized carbons (Fsp3) is 0.300. The van der Waals surface area contributed by atoms with Gasteiger partial charge in [-0.15, -0.1) is 0 Å². The molecule has 2 N–H and O–H groups in total. The van der Waals surface area contributed by atoms with Gasteiger partial charge in [0.25, 0.3) is 5.91 Å². The highest BCUT2D eigenvalue weighted by atomic mass is 16.5. The molecule has 0 atom stereocenters. The molecule has 10 heteroatoms. The number of aliphatic carboxylic acids is 2. The number of carbonyl (C=O) groups is 3. The number of nitrogens with zero attached hydrogens (tertiary/aromatic N) is 2. The lowest BCUT2D eigenvalue weighted by molar-refractivity contribution is -0.159. The summed E-state index contributed by atoms with van der Waals surface area (Å²) in [6, 6.07) is 23.9. The van der Waals surface area contributed by atoms with Crippen molar-refractivity contribution >= 4 is 17.8 Å². The van der Waals surface area contributed by atoms with E-state index in [2.05, 4.69) is 17.0 Å². The summed E-state index contributed by atoms with van der Waals surface area (Å²) >= 11 is 0. The normalized spacial score (nSPS) is 13.0. The summed E-state index contributed by atoms with van der Waals surface area (Å²) in [6.45, 7) is 6.41. The summed E-state index contributed by atoms with van der Waals surface area (Å²) in [4.78, 5) is 35.0. The molecule has 0 aliphatic carbocycles. The van der Waals surface area contributed by atoms with Gasteiger partial charge in [0, 0.05) is 32.7 Å². The predicted molar refractivity (Wildman–Crippen MR) is 148 cm³/mol. The Labute approximate surface area is 233 Å². The van der Waals surface area contributed by atoms with Gasteiger partial charge in [0.15, 0.2) is 18.1 Å². The molecule has 1 aliphatic heterocycles. The summed E-state index contributed by atoms with van der Waals surface area (Å²) < 4.78 is 17.2. The van der Waals surface area contributed by atoms with Crippen LogP contribution in [0.4, 0.5) is 0 Å². The molecule has 0 spiro atoms. The van der Waals surface area contributed by atoms with Crippen molar-refractivity contribution in [3.8, 4) is 17.2 Å². The maximum Gasteiger partial charge on any atom is 0.414 e. The molecule has 0 unspecified atom stereocenters. The molecule has 0 bridgehead atoms. The molecule has 4 rings (SSSR count). The molecule has 1 fully saturated rings. The molecular weight excluding hydrogens is 516 g/mol. The Bertz CT molecular complexity index is 1260. The molecule has 40 heavy (non-hydrogen) atoms. The van der Waals surface area contributed by atoms with Gasteiger partial charge in [0.05, 0.1) is 7.11 Å². The molecular formula is C30H34N2O8. The van der Waals surface area contributed by atoms with Crippen LogP contribution in [0.3, 0.4) is 0 Å². The van der Waals surface area contributed by atoms with Crippen LogP contribution in [0.25, 0.3) is 0 Å². The van der Waals surface area contributed by atoms with Gasteiger partial charge < -0.3 is 29.3 Å². The van der Waals surface area contributed by atoms with E-state index in [9.17, 15) is 4.79 Å². The predicted octanol–water partition coefficient (Wildman–Crippen LogP) is 3.46. The van der Waals surface area contributed by atoms with Crippen LogP contribution in [0.2, 0.25) is 0 Å². The fourth-order valence-electron chi connectivity index (χ4n) is 4.02. The molecule has 212 valence electrons. The molecule has 0 aromatic heterocycles. The lowest BCUT2D eigenvalue weighted by atomic mass is 10.1. The molecule has 0 saturated carbocycles. The summed E-state index contributed by atoms with van der Waals surface area (Å²) in [5.74, 6) is -1.42. The summed E-state index contributed by atoms with van der Waals surface area (Å²) in [6.07, 6.45) is 0. The Balaban J connectivity index is 0.000000663. The van der Waals surface area contributed by atoms with Crippen LogP contribution >= 0.6 is 0 Å². The highest BCUT2D eigenvalue weighted by Gasteiger charge is 2.22. The van der Waals surface area contributed by atoms with Gasteiger partial charge in [0.1, 0.15) is 12.4 Å². The number of amides is 1. The van der Waals surface area contributed by atoms with Crippen molar-refractivity contribution in [2.45, 2.75) is 20.1 Å². The van der Waals surface area contributed by atoms with Gasteiger partial charge in [0.2, 0.25) is 0 Å². The lowest BCUT2D eigenvalue weighted by Gasteiger charge is -2.34. The first-order valence-corrected chi connectivity index (χ1v) is 12.7. The monoisotopic (exact) mass is 550 g/mol. The van der Waals surface area contributed by atoms with Crippen LogP contribution in [-0.4, -0.2) is 77.8 Å². The van der Waals surface area contributed by atoms with Crippen LogP contribution in [0.1, 0.15) is 16.7 Å². The zero-order valence-electron chi connectivity index (χ0n) is 22.6. The minimum absolute atomic E-state index is 0.0298. The summed E-state index contributed by atoms with van der Waals surface area (Å²) in [7, 11) is 1.66. The lowest BCUT2D eigenvalue weighted by Crippen LogP contribution is -2.49. The molecule has 1 amide bonds. The number of ether oxygens (including phenoxy) is 3. The highest BCUT2D eigenvalue weighted by molar-refractivity contribution is 6.27. The van der Waals surface area contributed by atoms with Gasteiger partial charge in [-0.1, -0.05) is 48.5 Å². The number of carboxylic acids is 2. The average Bonchev–Trinajstić information content (AvgIpc) is 2.96. The zero-order valence-corrected chi connectivity index (χ0v) is 22.6. The molecule has 0 radical (unpaired) electrons. The highest BCUT2D eigenvalue weighted by Crippen LogP contribution is 2.29. The number of methoxy groups -OCH3 is 1. The van der Waals surface area contributed by atoms with Gasteiger partial charge in [-0.3, -0.25) is 9.69 Å². The third-order valence-corrected chi connectivity index (χ3v) is 6.13. The summed E-state index contributed by atoms with van der Waals surface area (Å²) in [5, 5.41) is 14.8. The van der Waals surface area contributed by atoms with E-state index in [1.54, 1.807) is 7.11 Å². The largest absolute Gasteiger partial charge is 0.493 e. The number of carboxylic acid groups (broad SMARTS) is 2. The molecule has 10 nitrogen and oxygen atoms in total. The molecule has 1 saturated heterocycles. The van der Waals surface area contributed by atoms with Gasteiger partial charge in [-0.25, -0.2) is 9.59 Å². The van der Waals surface area contributed by atoms with E-state index in [1.165, 1.54) is 0 Å². The van der Waals surface area contributed by atoms with Crippen LogP contribution in [-0.2, 0) is 27.5 Å². The zero-order chi connectivity index (χ0) is 28.9. The maximum absolute atomic E-state index is 12.6. The second-order valence-electron chi connectivity index (χ2n) is 9.13. The van der Waals surface area contributed by atoms with Crippen LogP contribution in [0.15, 0.2) is 72.8 Å². The third kappa shape index (κ3) is 9.63. The number of piperazine rings is 1. The minimum atomic E-state index is -1.82. The van der Waals surface area contributed by atoms with Crippen molar-refractivity contribution in [2.24, 2.45) is 0 Å². The quantitative estimate of drug-likeness (QED) is 0.385. The molecule has 3 aromatic carbocycles. The Hall–Kier alpha value is -4.57. The van der Waals surface area contributed by atoms with Gasteiger partial charge in [-0.2, -0.15) is 0 Å². The van der Waals surface area contributed by atoms with E-state index < -0.39 is 11.9 Å². The Morgan fingerprint density at radius 3 is 2.10 bits per heavy atom. The maximum atomic E-state index is 12.6. The first-order valence-electron chi connectivity index (χ1n) is 12.7. The fourth-order valence-corrected chi connectivity index (χ4v) is 4.02. The number of aryl methyl sites for hydroxylation is 1. The first-order chi connectivity index (χ1) is 19.2. The van der Waals surface area contributed by atoms with Crippen molar-refractivity contribution < 1.29 is 38.8 Å². The number of rotatable bonds is 9. The average molecular weight is 551 g/mol. The second kappa shape index (κ2) is 15.1. The van der Waals surface area contributed by atoms with E-state index >= 15 is 0 Å². The summed E-state index contributed by atoms with van der Waals surface area (Å²) in [5.41, 5.74) is 3.39. The van der Waals surface area contributed by atoms with Crippen LogP contribution < -0.4 is 14.2 Å². The van der Waals surface area contributed by atoms with Gasteiger partial charge >= 0.3 is 11.9 Å². The van der Waals surface area contributed by atoms with Crippen molar-refractivity contribution in [3.05, 3.63) is 89.5 Å². The van der Waals surface area contributed by atoms with E-state index in [0.717, 1.165) is 53.6 Å². The van der Waals surface area contributed by atoms with Crippen LogP contribution in [0, 0.1) is 6.92 Å². The van der Waals surface area contributed by atoms with Crippen molar-refractivity contribution in [1.82, 2.24) is 9.80 Å². The Morgan fingerprint density at radius 1 is 0.775 bits per heavy atom. The number of benzene rings is 3. The minimum Gasteiger partial charge on any atom is -0.493 e. The Morgan fingerprint density at radius 2 is 1.48 bits per heavy atom. The Kier molecular flexibility index (Phi) is 11.3. The topological polar surface area (TPSA) is 126 Å². The second-order valence-corrected chi connectivity index (χ2v) is 9.13. The smallest absolute Gasteiger partial charge is 0.414 e. The van der Waals surface area contributed by atoms with E-state index in [1.807, 2.05) is 72.5 Å². The van der Waals surface area contributed by atoms with E-state index in [0.29, 0.717) is 19.7 Å². The molecule has 3 aromatic rings. The van der Waals surface area contributed by atoms with Gasteiger partial charge in [-0.05, 0) is 47.9 Å². The number of hydrogen-bond acceptors (Lipinski definition) is 7. The van der Waals surface area contributed by atoms with Crippen LogP contribution in [0.5, 0.6) is 17.2 Å². The molecule has 1 aliphatic rings. The SMILES string of the molecule is COc1ccc(CN2CCN(C(=O)COc3cccc(C)c3)CC2)cc1OCc1ccccc1.O=C(O)C(=O)O. The van der Waals surface area contributed by atoms with Crippen molar-refractivity contribution in [3.63, 3.8) is 0 Å². The van der Waals surface area contributed by atoms with E-state index in [-0.39, 0.29) is 12.5 Å². The van der Waals surface area contributed by atoms with Crippen molar-refractivity contribution in [1.29, 1.82) is 0 Å². The third-order valence-electron chi connectivity index (χ3n) is 6.13. The number of hydrogen-bond donors (Lipinski definition) is 2. The first kappa shape index (κ1) is 30.0.